The molecule has 1 unspecified atom stereocenters. The van der Waals surface area contributed by atoms with Gasteiger partial charge in [0.1, 0.15) is 18.5 Å². The van der Waals surface area contributed by atoms with Crippen LogP contribution in [0.1, 0.15) is 31.1 Å². The van der Waals surface area contributed by atoms with Crippen molar-refractivity contribution < 1.29 is 19.6 Å². The standard InChI is InChI=1S/C20H25N3O5/c1-20(2,3)21-12-17(24)13-28-18-10-6-15(7-11-18)22-19(25)14-4-8-16(9-5-14)23(26)27/h4-11,17,21,24H,12-13H2,1-3H3,(H,22,25). The average molecular weight is 387 g/mol. The number of nitro benzene ring substituents is 1. The molecule has 0 saturated heterocycles. The normalized spacial score (nSPS) is 12.3. The van der Waals surface area contributed by atoms with Crippen molar-refractivity contribution >= 4 is 17.3 Å². The van der Waals surface area contributed by atoms with Gasteiger partial charge in [-0.25, -0.2) is 0 Å². The Kier molecular flexibility index (Phi) is 7.08. The van der Waals surface area contributed by atoms with Gasteiger partial charge in [-0.15, -0.1) is 0 Å². The maximum atomic E-state index is 12.2. The molecule has 28 heavy (non-hydrogen) atoms. The summed E-state index contributed by atoms with van der Waals surface area (Å²) in [6.45, 7) is 6.63. The molecule has 0 radical (unpaired) electrons. The number of nitrogens with one attached hydrogen (secondary N) is 2. The maximum Gasteiger partial charge on any atom is 0.269 e. The molecule has 2 rings (SSSR count). The van der Waals surface area contributed by atoms with E-state index in [0.717, 1.165) is 0 Å². The average Bonchev–Trinajstić information content (AvgIpc) is 2.65. The zero-order valence-corrected chi connectivity index (χ0v) is 16.1. The minimum atomic E-state index is -0.638. The SMILES string of the molecule is CC(C)(C)NCC(O)COc1ccc(NC(=O)c2ccc([N+](=O)[O-])cc2)cc1. The van der Waals surface area contributed by atoms with Crippen molar-refractivity contribution in [2.45, 2.75) is 32.4 Å². The van der Waals surface area contributed by atoms with Crippen molar-refractivity contribution in [2.75, 3.05) is 18.5 Å². The molecule has 0 aliphatic rings. The van der Waals surface area contributed by atoms with Crippen molar-refractivity contribution in [2.24, 2.45) is 0 Å². The molecule has 0 saturated carbocycles. The summed E-state index contributed by atoms with van der Waals surface area (Å²) in [5.41, 5.74) is 0.730. The Morgan fingerprint density at radius 1 is 1.14 bits per heavy atom. The Morgan fingerprint density at radius 2 is 1.75 bits per heavy atom. The molecule has 1 amide bonds. The molecule has 0 aromatic heterocycles. The van der Waals surface area contributed by atoms with Crippen LogP contribution in [0.3, 0.4) is 0 Å². The van der Waals surface area contributed by atoms with E-state index in [1.807, 2.05) is 20.8 Å². The van der Waals surface area contributed by atoms with Gasteiger partial charge in [0, 0.05) is 35.5 Å². The number of amides is 1. The number of hydrogen-bond donors (Lipinski definition) is 3. The van der Waals surface area contributed by atoms with Crippen molar-refractivity contribution in [1.82, 2.24) is 5.32 Å². The van der Waals surface area contributed by atoms with E-state index >= 15 is 0 Å². The molecular weight excluding hydrogens is 362 g/mol. The highest BCUT2D eigenvalue weighted by molar-refractivity contribution is 6.04. The number of anilines is 1. The van der Waals surface area contributed by atoms with Gasteiger partial charge in [0.05, 0.1) is 4.92 Å². The quantitative estimate of drug-likeness (QED) is 0.474. The number of ether oxygens (including phenoxy) is 1. The molecule has 0 bridgehead atoms. The second kappa shape index (κ2) is 9.29. The molecule has 2 aromatic carbocycles. The van der Waals surface area contributed by atoms with Crippen molar-refractivity contribution in [3.05, 3.63) is 64.2 Å². The topological polar surface area (TPSA) is 114 Å². The molecule has 0 fully saturated rings. The zero-order chi connectivity index (χ0) is 20.7. The monoisotopic (exact) mass is 387 g/mol. The van der Waals surface area contributed by atoms with Crippen LogP contribution in [0.15, 0.2) is 48.5 Å². The minimum Gasteiger partial charge on any atom is -0.491 e. The fourth-order valence-corrected chi connectivity index (χ4v) is 2.25. The molecule has 0 spiro atoms. The lowest BCUT2D eigenvalue weighted by molar-refractivity contribution is -0.384. The summed E-state index contributed by atoms with van der Waals surface area (Å²) < 4.78 is 5.55. The van der Waals surface area contributed by atoms with Crippen molar-refractivity contribution in [3.8, 4) is 5.75 Å². The molecule has 2 aromatic rings. The highest BCUT2D eigenvalue weighted by Crippen LogP contribution is 2.18. The summed E-state index contributed by atoms with van der Waals surface area (Å²) in [5.74, 6) is 0.204. The van der Waals surface area contributed by atoms with Crippen LogP contribution < -0.4 is 15.4 Å². The number of aliphatic hydroxyl groups is 1. The molecule has 150 valence electrons. The Labute approximate surface area is 163 Å². The van der Waals surface area contributed by atoms with Gasteiger partial charge in [-0.3, -0.25) is 14.9 Å². The largest absolute Gasteiger partial charge is 0.491 e. The fourth-order valence-electron chi connectivity index (χ4n) is 2.25. The third-order valence-electron chi connectivity index (χ3n) is 3.76. The number of β-amino-alcohol motifs (C(OH)–C–C–N with tert-alkyl or cyclic N) is 1. The van der Waals surface area contributed by atoms with Crippen LogP contribution in [0.4, 0.5) is 11.4 Å². The van der Waals surface area contributed by atoms with Gasteiger partial charge in [0.25, 0.3) is 11.6 Å². The van der Waals surface area contributed by atoms with E-state index < -0.39 is 11.0 Å². The predicted octanol–water partition coefficient (Wildman–Crippen LogP) is 2.97. The number of carbonyl (C=O) groups excluding carboxylic acids is 1. The van der Waals surface area contributed by atoms with Gasteiger partial charge in [0.2, 0.25) is 0 Å². The highest BCUT2D eigenvalue weighted by atomic mass is 16.6. The second-order valence-corrected chi connectivity index (χ2v) is 7.38. The molecule has 3 N–H and O–H groups in total. The van der Waals surface area contributed by atoms with Gasteiger partial charge < -0.3 is 20.5 Å². The molecule has 0 aliphatic carbocycles. The second-order valence-electron chi connectivity index (χ2n) is 7.38. The first-order valence-corrected chi connectivity index (χ1v) is 8.86. The van der Waals surface area contributed by atoms with Gasteiger partial charge in [-0.2, -0.15) is 0 Å². The Hall–Kier alpha value is -2.97. The summed E-state index contributed by atoms with van der Waals surface area (Å²) in [6.07, 6.45) is -0.638. The van der Waals surface area contributed by atoms with Gasteiger partial charge in [-0.05, 0) is 57.2 Å². The van der Waals surface area contributed by atoms with Crippen LogP contribution in [0.5, 0.6) is 5.75 Å². The Balaban J connectivity index is 1.85. The van der Waals surface area contributed by atoms with Crippen molar-refractivity contribution in [3.63, 3.8) is 0 Å². The fraction of sp³-hybridized carbons (Fsp3) is 0.350. The van der Waals surface area contributed by atoms with E-state index in [4.69, 9.17) is 4.74 Å². The van der Waals surface area contributed by atoms with E-state index in [1.165, 1.54) is 24.3 Å². The lowest BCUT2D eigenvalue weighted by atomic mass is 10.1. The van der Waals surface area contributed by atoms with Gasteiger partial charge in [0.15, 0.2) is 0 Å². The molecule has 0 aliphatic heterocycles. The summed E-state index contributed by atoms with van der Waals surface area (Å²) in [6, 6.07) is 12.1. The number of non-ortho nitro benzene ring substituents is 1. The number of aliphatic hydroxyl groups excluding tert-OH is 1. The number of nitro groups is 1. The van der Waals surface area contributed by atoms with E-state index in [-0.39, 0.29) is 23.7 Å². The summed E-state index contributed by atoms with van der Waals surface area (Å²) >= 11 is 0. The van der Waals surface area contributed by atoms with Crippen LogP contribution in [-0.2, 0) is 0 Å². The number of carbonyl (C=O) groups is 1. The number of nitrogens with zero attached hydrogens (tertiary/aromatic N) is 1. The summed E-state index contributed by atoms with van der Waals surface area (Å²) in [5, 5.41) is 26.5. The molecular formula is C20H25N3O5. The predicted molar refractivity (Wildman–Crippen MR) is 107 cm³/mol. The number of rotatable bonds is 8. The maximum absolute atomic E-state index is 12.2. The first-order valence-electron chi connectivity index (χ1n) is 8.86. The molecule has 8 nitrogen and oxygen atoms in total. The zero-order valence-electron chi connectivity index (χ0n) is 16.1. The van der Waals surface area contributed by atoms with Crippen LogP contribution in [-0.4, -0.2) is 40.7 Å². The van der Waals surface area contributed by atoms with Crippen LogP contribution in [0.2, 0.25) is 0 Å². The van der Waals surface area contributed by atoms with Crippen LogP contribution in [0, 0.1) is 10.1 Å². The third-order valence-corrected chi connectivity index (χ3v) is 3.76. The lowest BCUT2D eigenvalue weighted by Crippen LogP contribution is -2.42. The first-order chi connectivity index (χ1) is 13.1. The van der Waals surface area contributed by atoms with Crippen molar-refractivity contribution in [1.29, 1.82) is 0 Å². The lowest BCUT2D eigenvalue weighted by Gasteiger charge is -2.23. The number of benzene rings is 2. The van der Waals surface area contributed by atoms with Gasteiger partial charge in [-0.1, -0.05) is 0 Å². The summed E-state index contributed by atoms with van der Waals surface area (Å²) in [4.78, 5) is 22.3. The molecule has 0 heterocycles. The molecule has 8 heteroatoms. The van der Waals surface area contributed by atoms with E-state index in [9.17, 15) is 20.0 Å². The Bertz CT molecular complexity index is 798. The summed E-state index contributed by atoms with van der Waals surface area (Å²) in [7, 11) is 0. The highest BCUT2D eigenvalue weighted by Gasteiger charge is 2.13. The first kappa shape index (κ1) is 21.3. The number of hydrogen-bond acceptors (Lipinski definition) is 6. The smallest absolute Gasteiger partial charge is 0.269 e. The molecule has 1 atom stereocenters. The van der Waals surface area contributed by atoms with Crippen LogP contribution in [0.25, 0.3) is 0 Å². The van der Waals surface area contributed by atoms with E-state index in [0.29, 0.717) is 23.5 Å². The van der Waals surface area contributed by atoms with E-state index in [2.05, 4.69) is 10.6 Å². The van der Waals surface area contributed by atoms with Gasteiger partial charge >= 0.3 is 0 Å². The Morgan fingerprint density at radius 3 is 2.29 bits per heavy atom. The van der Waals surface area contributed by atoms with E-state index in [1.54, 1.807) is 24.3 Å². The minimum absolute atomic E-state index is 0.0714. The third kappa shape index (κ3) is 6.98. The van der Waals surface area contributed by atoms with Crippen LogP contribution >= 0.6 is 0 Å².